The molecule has 5 heteroatoms. The fraction of sp³-hybridized carbons (Fsp3) is 0.188. The fourth-order valence-electron chi connectivity index (χ4n) is 2.69. The van der Waals surface area contributed by atoms with Gasteiger partial charge in [-0.25, -0.2) is 0 Å². The third-order valence-electron chi connectivity index (χ3n) is 3.79. The highest BCUT2D eigenvalue weighted by atomic mass is 35.5. The van der Waals surface area contributed by atoms with Gasteiger partial charge in [-0.1, -0.05) is 17.7 Å². The van der Waals surface area contributed by atoms with Crippen LogP contribution in [0.25, 0.3) is 0 Å². The third-order valence-corrected chi connectivity index (χ3v) is 4.15. The van der Waals surface area contributed by atoms with Crippen LogP contribution in [0.5, 0.6) is 0 Å². The number of carbonyl (C=O) groups excluding carboxylic acids is 1. The Bertz CT molecular complexity index is 715. The van der Waals surface area contributed by atoms with Gasteiger partial charge in [0, 0.05) is 35.1 Å². The maximum Gasteiger partial charge on any atom is 0.248 e. The Morgan fingerprint density at radius 1 is 1.24 bits per heavy atom. The van der Waals surface area contributed by atoms with Gasteiger partial charge in [-0.05, 0) is 47.9 Å². The molecule has 108 valence electrons. The zero-order valence-electron chi connectivity index (χ0n) is 11.5. The second-order valence-electron chi connectivity index (χ2n) is 5.23. The summed E-state index contributed by atoms with van der Waals surface area (Å²) in [6.07, 6.45) is 0.983. The van der Waals surface area contributed by atoms with Crippen molar-refractivity contribution in [1.29, 1.82) is 0 Å². The van der Waals surface area contributed by atoms with E-state index in [-0.39, 0.29) is 0 Å². The van der Waals surface area contributed by atoms with Crippen molar-refractivity contribution >= 4 is 28.9 Å². The van der Waals surface area contributed by atoms with E-state index in [1.54, 1.807) is 12.1 Å². The van der Waals surface area contributed by atoms with Gasteiger partial charge in [0.2, 0.25) is 5.91 Å². The van der Waals surface area contributed by atoms with Crippen molar-refractivity contribution in [2.24, 2.45) is 5.73 Å². The van der Waals surface area contributed by atoms with E-state index in [0.717, 1.165) is 24.2 Å². The highest BCUT2D eigenvalue weighted by molar-refractivity contribution is 6.31. The first-order valence-corrected chi connectivity index (χ1v) is 7.14. The molecule has 0 bridgehead atoms. The highest BCUT2D eigenvalue weighted by Crippen LogP contribution is 2.32. The summed E-state index contributed by atoms with van der Waals surface area (Å²) in [5.74, 6) is -0.467. The molecule has 1 aliphatic heterocycles. The van der Waals surface area contributed by atoms with Crippen molar-refractivity contribution in [3.8, 4) is 0 Å². The zero-order chi connectivity index (χ0) is 15.0. The standard InChI is InChI=1S/C16H16ClN3O/c17-14-8-11(16(19)21)1-2-12(14)9-20-6-5-10-7-13(18)3-4-15(10)20/h1-4,7-8H,5-6,9,18H2,(H2,19,21). The van der Waals surface area contributed by atoms with Gasteiger partial charge in [0.05, 0.1) is 0 Å². The molecule has 2 aromatic rings. The molecule has 0 spiro atoms. The molecular weight excluding hydrogens is 286 g/mol. The van der Waals surface area contributed by atoms with Crippen LogP contribution in [0.2, 0.25) is 5.02 Å². The van der Waals surface area contributed by atoms with E-state index < -0.39 is 5.91 Å². The lowest BCUT2D eigenvalue weighted by molar-refractivity contribution is 0.100. The van der Waals surface area contributed by atoms with Crippen LogP contribution in [0.1, 0.15) is 21.5 Å². The second-order valence-corrected chi connectivity index (χ2v) is 5.64. The Hall–Kier alpha value is -2.20. The van der Waals surface area contributed by atoms with Crippen molar-refractivity contribution < 1.29 is 4.79 Å². The van der Waals surface area contributed by atoms with Gasteiger partial charge in [-0.3, -0.25) is 4.79 Å². The van der Waals surface area contributed by atoms with Crippen molar-refractivity contribution in [2.45, 2.75) is 13.0 Å². The van der Waals surface area contributed by atoms with Gasteiger partial charge in [0.15, 0.2) is 0 Å². The van der Waals surface area contributed by atoms with Crippen LogP contribution in [-0.4, -0.2) is 12.5 Å². The molecule has 0 unspecified atom stereocenters. The number of halogens is 1. The van der Waals surface area contributed by atoms with Gasteiger partial charge in [-0.2, -0.15) is 0 Å². The Morgan fingerprint density at radius 3 is 2.76 bits per heavy atom. The number of fused-ring (bicyclic) bond motifs is 1. The molecule has 0 atom stereocenters. The number of amides is 1. The summed E-state index contributed by atoms with van der Waals surface area (Å²) in [6.45, 7) is 1.64. The molecule has 0 aliphatic carbocycles. The first-order chi connectivity index (χ1) is 10.0. The lowest BCUT2D eigenvalue weighted by Gasteiger charge is -2.20. The number of primary amides is 1. The number of rotatable bonds is 3. The molecule has 0 saturated heterocycles. The number of nitrogens with zero attached hydrogens (tertiary/aromatic N) is 1. The Balaban J connectivity index is 1.84. The van der Waals surface area contributed by atoms with Gasteiger partial charge < -0.3 is 16.4 Å². The Labute approximate surface area is 128 Å². The minimum absolute atomic E-state index is 0.429. The minimum Gasteiger partial charge on any atom is -0.399 e. The number of carbonyl (C=O) groups is 1. The number of nitrogen functional groups attached to an aromatic ring is 1. The van der Waals surface area contributed by atoms with Crippen molar-refractivity contribution in [3.63, 3.8) is 0 Å². The second kappa shape index (κ2) is 5.30. The van der Waals surface area contributed by atoms with Crippen LogP contribution in [0, 0.1) is 0 Å². The van der Waals surface area contributed by atoms with E-state index in [1.165, 1.54) is 11.3 Å². The summed E-state index contributed by atoms with van der Waals surface area (Å²) < 4.78 is 0. The zero-order valence-corrected chi connectivity index (χ0v) is 12.2. The molecule has 4 nitrogen and oxygen atoms in total. The minimum atomic E-state index is -0.467. The summed E-state index contributed by atoms with van der Waals surface area (Å²) in [5.41, 5.74) is 15.7. The van der Waals surface area contributed by atoms with E-state index in [1.807, 2.05) is 24.3 Å². The Kier molecular flexibility index (Phi) is 3.47. The average molecular weight is 302 g/mol. The van der Waals surface area contributed by atoms with Crippen molar-refractivity contribution in [1.82, 2.24) is 0 Å². The third kappa shape index (κ3) is 2.67. The first kappa shape index (κ1) is 13.8. The van der Waals surface area contributed by atoms with Crippen LogP contribution < -0.4 is 16.4 Å². The lowest BCUT2D eigenvalue weighted by Crippen LogP contribution is -2.20. The van der Waals surface area contributed by atoms with Crippen molar-refractivity contribution in [3.05, 3.63) is 58.1 Å². The van der Waals surface area contributed by atoms with Gasteiger partial charge in [0.1, 0.15) is 0 Å². The summed E-state index contributed by atoms with van der Waals surface area (Å²) in [6, 6.07) is 11.2. The molecular formula is C16H16ClN3O. The molecule has 1 amide bonds. The molecule has 0 fully saturated rings. The van der Waals surface area contributed by atoms with Gasteiger partial charge in [0.25, 0.3) is 0 Å². The summed E-state index contributed by atoms with van der Waals surface area (Å²) in [4.78, 5) is 13.4. The number of benzene rings is 2. The van der Waals surface area contributed by atoms with Gasteiger partial charge in [-0.15, -0.1) is 0 Å². The summed E-state index contributed by atoms with van der Waals surface area (Å²) >= 11 is 6.25. The van der Waals surface area contributed by atoms with Crippen LogP contribution >= 0.6 is 11.6 Å². The summed E-state index contributed by atoms with van der Waals surface area (Å²) in [5, 5.41) is 0.565. The van der Waals surface area contributed by atoms with E-state index in [4.69, 9.17) is 23.1 Å². The Morgan fingerprint density at radius 2 is 2.05 bits per heavy atom. The predicted molar refractivity (Wildman–Crippen MR) is 85.6 cm³/mol. The molecule has 0 radical (unpaired) electrons. The maximum atomic E-state index is 11.1. The number of nitrogens with two attached hydrogens (primary N) is 2. The summed E-state index contributed by atoms with van der Waals surface area (Å²) in [7, 11) is 0. The average Bonchev–Trinajstić information content (AvgIpc) is 2.83. The monoisotopic (exact) mass is 301 g/mol. The number of hydrogen-bond donors (Lipinski definition) is 2. The topological polar surface area (TPSA) is 72.4 Å². The molecule has 21 heavy (non-hydrogen) atoms. The molecule has 3 rings (SSSR count). The molecule has 4 N–H and O–H groups in total. The van der Waals surface area contributed by atoms with E-state index in [9.17, 15) is 4.79 Å². The lowest BCUT2D eigenvalue weighted by atomic mass is 10.1. The van der Waals surface area contributed by atoms with E-state index >= 15 is 0 Å². The molecule has 0 saturated carbocycles. The SMILES string of the molecule is NC(=O)c1ccc(CN2CCc3cc(N)ccc32)c(Cl)c1. The van der Waals surface area contributed by atoms with Crippen molar-refractivity contribution in [2.75, 3.05) is 17.2 Å². The molecule has 2 aromatic carbocycles. The van der Waals surface area contributed by atoms with Crippen LogP contribution in [0.15, 0.2) is 36.4 Å². The fourth-order valence-corrected chi connectivity index (χ4v) is 2.93. The predicted octanol–water partition coefficient (Wildman–Crippen LogP) is 2.58. The van der Waals surface area contributed by atoms with E-state index in [2.05, 4.69) is 4.90 Å². The highest BCUT2D eigenvalue weighted by Gasteiger charge is 2.20. The maximum absolute atomic E-state index is 11.1. The molecule has 0 aromatic heterocycles. The van der Waals surface area contributed by atoms with Gasteiger partial charge >= 0.3 is 0 Å². The van der Waals surface area contributed by atoms with Crippen LogP contribution in [0.4, 0.5) is 11.4 Å². The van der Waals surface area contributed by atoms with E-state index in [0.29, 0.717) is 17.1 Å². The van der Waals surface area contributed by atoms with Crippen LogP contribution in [0.3, 0.4) is 0 Å². The smallest absolute Gasteiger partial charge is 0.248 e. The van der Waals surface area contributed by atoms with Crippen LogP contribution in [-0.2, 0) is 13.0 Å². The number of anilines is 2. The largest absolute Gasteiger partial charge is 0.399 e. The number of hydrogen-bond acceptors (Lipinski definition) is 3. The normalized spacial score (nSPS) is 13.3. The molecule has 1 heterocycles. The quantitative estimate of drug-likeness (QED) is 0.856. The first-order valence-electron chi connectivity index (χ1n) is 6.76. The molecule has 1 aliphatic rings.